The highest BCUT2D eigenvalue weighted by molar-refractivity contribution is 6.23. The molecule has 0 aromatic heterocycles. The van der Waals surface area contributed by atoms with Gasteiger partial charge < -0.3 is 4.74 Å². The number of rotatable bonds is 6. The van der Waals surface area contributed by atoms with Gasteiger partial charge in [0.25, 0.3) is 5.69 Å². The number of nitro groups is 1. The van der Waals surface area contributed by atoms with Crippen molar-refractivity contribution < 1.29 is 28.8 Å². The number of Topliss-reactive ketones (excluding diaryl/α,β-unsaturated/α-hetero) is 1. The number of anilines is 1. The average molecular weight is 559 g/mol. The van der Waals surface area contributed by atoms with Gasteiger partial charge in [-0.25, -0.2) is 9.69 Å². The van der Waals surface area contributed by atoms with E-state index in [1.54, 1.807) is 0 Å². The van der Waals surface area contributed by atoms with Gasteiger partial charge in [-0.1, -0.05) is 60.7 Å². The molecule has 9 heteroatoms. The van der Waals surface area contributed by atoms with Crippen LogP contribution in [0.15, 0.2) is 97.1 Å². The third-order valence-corrected chi connectivity index (χ3v) is 8.52. The van der Waals surface area contributed by atoms with E-state index < -0.39 is 35.1 Å². The molecule has 4 aromatic carbocycles. The van der Waals surface area contributed by atoms with Crippen molar-refractivity contribution in [2.24, 2.45) is 11.8 Å². The second-order valence-corrected chi connectivity index (χ2v) is 10.6. The molecule has 0 spiro atoms. The SMILES string of the molecule is O=C(COC(=O)c1ccc(N2C(=O)[C@@H]3C4c5ccccc5C(c5ccccc54)[C@H]3C2=O)cc1)c1cccc([N+](=O)[O-])c1. The van der Waals surface area contributed by atoms with Crippen LogP contribution in [0.25, 0.3) is 0 Å². The van der Waals surface area contributed by atoms with Crippen LogP contribution in [0.1, 0.15) is 54.8 Å². The number of nitrogens with zero attached hydrogens (tertiary/aromatic N) is 2. The highest BCUT2D eigenvalue weighted by Gasteiger charge is 2.61. The van der Waals surface area contributed by atoms with Crippen molar-refractivity contribution in [1.82, 2.24) is 0 Å². The summed E-state index contributed by atoms with van der Waals surface area (Å²) >= 11 is 0. The van der Waals surface area contributed by atoms with Crippen molar-refractivity contribution in [3.8, 4) is 0 Å². The second-order valence-electron chi connectivity index (χ2n) is 10.6. The molecule has 206 valence electrons. The third-order valence-electron chi connectivity index (χ3n) is 8.52. The summed E-state index contributed by atoms with van der Waals surface area (Å²) < 4.78 is 5.13. The molecule has 0 N–H and O–H groups in total. The number of nitro benzene ring substituents is 1. The fraction of sp³-hybridized carbons (Fsp3) is 0.152. The summed E-state index contributed by atoms with van der Waals surface area (Å²) in [5, 5.41) is 11.0. The minimum Gasteiger partial charge on any atom is -0.454 e. The normalized spacial score (nSPS) is 21.4. The van der Waals surface area contributed by atoms with E-state index in [1.165, 1.54) is 47.4 Å². The quantitative estimate of drug-likeness (QED) is 0.107. The monoisotopic (exact) mass is 558 g/mol. The summed E-state index contributed by atoms with van der Waals surface area (Å²) in [5.41, 5.74) is 4.64. The average Bonchev–Trinajstić information content (AvgIpc) is 3.29. The molecular formula is C33H22N2O7. The lowest BCUT2D eigenvalue weighted by Crippen LogP contribution is -2.41. The summed E-state index contributed by atoms with van der Waals surface area (Å²) in [4.78, 5) is 64.4. The third kappa shape index (κ3) is 3.77. The van der Waals surface area contributed by atoms with E-state index in [2.05, 4.69) is 0 Å². The lowest BCUT2D eigenvalue weighted by Gasteiger charge is -2.45. The van der Waals surface area contributed by atoms with Gasteiger partial charge in [0.05, 0.1) is 28.0 Å². The molecule has 3 aliphatic carbocycles. The van der Waals surface area contributed by atoms with Crippen molar-refractivity contribution in [3.05, 3.63) is 141 Å². The number of carbonyl (C=O) groups excluding carboxylic acids is 4. The smallest absolute Gasteiger partial charge is 0.338 e. The number of ether oxygens (including phenoxy) is 1. The lowest BCUT2D eigenvalue weighted by atomic mass is 9.55. The Morgan fingerprint density at radius 2 is 1.24 bits per heavy atom. The molecule has 2 atom stereocenters. The van der Waals surface area contributed by atoms with Gasteiger partial charge in [0, 0.05) is 29.5 Å². The highest BCUT2D eigenvalue weighted by Crippen LogP contribution is 2.61. The van der Waals surface area contributed by atoms with Crippen LogP contribution in [0, 0.1) is 22.0 Å². The maximum Gasteiger partial charge on any atom is 0.338 e. The number of non-ortho nitro benzene ring substituents is 1. The standard InChI is InChI=1S/C33H22N2O7/c36-26(19-6-5-7-21(16-19)35(40)41)17-42-33(39)18-12-14-20(15-13-18)34-31(37)29-27-22-8-1-2-9-23(22)28(30(29)32(34)38)25-11-4-3-10-24(25)27/h1-16,27-30H,17H2/t27?,28?,29-,30-/m1/s1. The summed E-state index contributed by atoms with van der Waals surface area (Å²) in [6, 6.07) is 27.1. The summed E-state index contributed by atoms with van der Waals surface area (Å²) in [6.45, 7) is -0.599. The van der Waals surface area contributed by atoms with Crippen LogP contribution in [0.3, 0.4) is 0 Å². The molecule has 0 radical (unpaired) electrons. The minimum absolute atomic E-state index is 0.0538. The van der Waals surface area contributed by atoms with Gasteiger partial charge in [0.2, 0.25) is 17.6 Å². The van der Waals surface area contributed by atoms with Gasteiger partial charge in [-0.2, -0.15) is 0 Å². The van der Waals surface area contributed by atoms with E-state index >= 15 is 0 Å². The summed E-state index contributed by atoms with van der Waals surface area (Å²) in [7, 11) is 0. The maximum absolute atomic E-state index is 13.9. The molecule has 0 saturated carbocycles. The Morgan fingerprint density at radius 3 is 1.74 bits per heavy atom. The van der Waals surface area contributed by atoms with Gasteiger partial charge >= 0.3 is 5.97 Å². The fourth-order valence-corrected chi connectivity index (χ4v) is 6.77. The first-order valence-corrected chi connectivity index (χ1v) is 13.5. The number of ketones is 1. The van der Waals surface area contributed by atoms with E-state index in [1.807, 2.05) is 48.5 Å². The van der Waals surface area contributed by atoms with Gasteiger partial charge in [-0.3, -0.25) is 24.5 Å². The Labute approximate surface area is 239 Å². The second kappa shape index (κ2) is 9.59. The Kier molecular flexibility index (Phi) is 5.83. The van der Waals surface area contributed by atoms with E-state index in [0.29, 0.717) is 5.69 Å². The summed E-state index contributed by atoms with van der Waals surface area (Å²) in [5.74, 6) is -3.36. The van der Waals surface area contributed by atoms with Crippen LogP contribution in [0.5, 0.6) is 0 Å². The van der Waals surface area contributed by atoms with Crippen LogP contribution in [0.2, 0.25) is 0 Å². The van der Waals surface area contributed by atoms with Crippen molar-refractivity contribution in [2.45, 2.75) is 11.8 Å². The number of esters is 1. The number of benzene rings is 4. The molecule has 1 saturated heterocycles. The predicted octanol–water partition coefficient (Wildman–Crippen LogP) is 5.03. The lowest BCUT2D eigenvalue weighted by molar-refractivity contribution is -0.384. The molecule has 42 heavy (non-hydrogen) atoms. The van der Waals surface area contributed by atoms with Crippen molar-refractivity contribution in [2.75, 3.05) is 11.5 Å². The van der Waals surface area contributed by atoms with Gasteiger partial charge in [-0.05, 0) is 46.5 Å². The molecule has 2 bridgehead atoms. The van der Waals surface area contributed by atoms with Crippen LogP contribution in [-0.2, 0) is 14.3 Å². The van der Waals surface area contributed by atoms with Crippen LogP contribution >= 0.6 is 0 Å². The van der Waals surface area contributed by atoms with Crippen molar-refractivity contribution >= 4 is 34.9 Å². The Balaban J connectivity index is 1.11. The van der Waals surface area contributed by atoms with Gasteiger partial charge in [0.1, 0.15) is 0 Å². The van der Waals surface area contributed by atoms with Crippen LogP contribution in [0.4, 0.5) is 11.4 Å². The Morgan fingerprint density at radius 1 is 0.714 bits per heavy atom. The first-order chi connectivity index (χ1) is 20.3. The first kappa shape index (κ1) is 25.5. The molecule has 1 heterocycles. The topological polar surface area (TPSA) is 124 Å². The first-order valence-electron chi connectivity index (χ1n) is 13.5. The zero-order valence-electron chi connectivity index (χ0n) is 22.0. The highest BCUT2D eigenvalue weighted by atomic mass is 16.6. The molecule has 4 aliphatic rings. The number of hydrogen-bond acceptors (Lipinski definition) is 7. The van der Waals surface area contributed by atoms with Crippen LogP contribution < -0.4 is 4.90 Å². The predicted molar refractivity (Wildman–Crippen MR) is 150 cm³/mol. The van der Waals surface area contributed by atoms with E-state index in [0.717, 1.165) is 28.3 Å². The van der Waals surface area contributed by atoms with E-state index in [-0.39, 0.29) is 40.5 Å². The zero-order valence-corrected chi connectivity index (χ0v) is 22.0. The Hall–Kier alpha value is -5.44. The molecule has 8 rings (SSSR count). The fourth-order valence-electron chi connectivity index (χ4n) is 6.77. The van der Waals surface area contributed by atoms with E-state index in [4.69, 9.17) is 4.74 Å². The molecule has 9 nitrogen and oxygen atoms in total. The molecule has 1 fully saturated rings. The van der Waals surface area contributed by atoms with Crippen LogP contribution in [-0.4, -0.2) is 35.1 Å². The minimum atomic E-state index is -0.781. The molecule has 2 amide bonds. The number of hydrogen-bond donors (Lipinski definition) is 0. The van der Waals surface area contributed by atoms with Gasteiger partial charge in [-0.15, -0.1) is 0 Å². The van der Waals surface area contributed by atoms with Crippen molar-refractivity contribution in [3.63, 3.8) is 0 Å². The van der Waals surface area contributed by atoms with Crippen molar-refractivity contribution in [1.29, 1.82) is 0 Å². The molecular weight excluding hydrogens is 536 g/mol. The molecule has 4 aromatic rings. The zero-order chi connectivity index (χ0) is 29.1. The Bertz CT molecular complexity index is 1710. The number of carbonyl (C=O) groups is 4. The number of amides is 2. The number of imide groups is 1. The van der Waals surface area contributed by atoms with E-state index in [9.17, 15) is 29.3 Å². The summed E-state index contributed by atoms with van der Waals surface area (Å²) in [6.07, 6.45) is 0. The molecule has 0 unspecified atom stereocenters. The maximum atomic E-state index is 13.9. The largest absolute Gasteiger partial charge is 0.454 e. The van der Waals surface area contributed by atoms with Gasteiger partial charge in [0.15, 0.2) is 6.61 Å². The molecule has 1 aliphatic heterocycles.